The normalized spacial score (nSPS) is 14.5. The maximum Gasteiger partial charge on any atom is 0.520 e. The zero-order valence-electron chi connectivity index (χ0n) is 33.6. The molecule has 5 heterocycles. The Morgan fingerprint density at radius 2 is 1.38 bits per heavy atom. The van der Waals surface area contributed by atoms with Crippen LogP contribution in [0.25, 0.3) is 16.7 Å². The van der Waals surface area contributed by atoms with Gasteiger partial charge in [-0.25, -0.2) is 14.1 Å². The Balaban J connectivity index is 1.31. The summed E-state index contributed by atoms with van der Waals surface area (Å²) in [7, 11) is 5.31. The van der Waals surface area contributed by atoms with E-state index in [2.05, 4.69) is 102 Å². The Labute approximate surface area is 331 Å². The Kier molecular flexibility index (Phi) is 13.2. The highest BCUT2D eigenvalue weighted by Crippen LogP contribution is 2.43. The molecular formula is C45H51BN5O5+2. The molecule has 1 radical (unpaired) electrons. The first-order valence-corrected chi connectivity index (χ1v) is 19.0. The summed E-state index contributed by atoms with van der Waals surface area (Å²) in [4.78, 5) is 4.41. The van der Waals surface area contributed by atoms with Crippen LogP contribution in [0.15, 0.2) is 102 Å². The molecule has 0 aliphatic carbocycles. The van der Waals surface area contributed by atoms with E-state index in [-0.39, 0.29) is 19.1 Å². The fourth-order valence-electron chi connectivity index (χ4n) is 7.56. The van der Waals surface area contributed by atoms with Gasteiger partial charge in [-0.05, 0) is 66.9 Å². The Bertz CT molecular complexity index is 2270. The third-order valence-corrected chi connectivity index (χ3v) is 10.1. The van der Waals surface area contributed by atoms with Crippen LogP contribution >= 0.6 is 0 Å². The summed E-state index contributed by atoms with van der Waals surface area (Å²) in [5, 5.41) is 13.3. The number of fused-ring (bicyclic) bond motifs is 2. The van der Waals surface area contributed by atoms with Gasteiger partial charge in [0.2, 0.25) is 0 Å². The fourth-order valence-corrected chi connectivity index (χ4v) is 7.56. The minimum atomic E-state index is -2.02. The van der Waals surface area contributed by atoms with Gasteiger partial charge < -0.3 is 27.9 Å². The first-order valence-electron chi connectivity index (χ1n) is 19.0. The van der Waals surface area contributed by atoms with Crippen LogP contribution in [-0.2, 0) is 37.6 Å². The molecule has 3 aromatic heterocycles. The summed E-state index contributed by atoms with van der Waals surface area (Å²) in [5.74, 6) is 13.6. The predicted octanol–water partition coefficient (Wildman–Crippen LogP) is 4.67. The third kappa shape index (κ3) is 8.62. The number of benzene rings is 1. The summed E-state index contributed by atoms with van der Waals surface area (Å²) in [6.07, 6.45) is 8.29. The van der Waals surface area contributed by atoms with Gasteiger partial charge in [0, 0.05) is 68.3 Å². The first-order chi connectivity index (χ1) is 27.2. The van der Waals surface area contributed by atoms with Gasteiger partial charge in [0.15, 0.2) is 37.0 Å². The number of rotatable bonds is 14. The lowest BCUT2D eigenvalue weighted by Gasteiger charge is -2.39. The largest absolute Gasteiger partial charge is 0.520 e. The number of nitrogens with zero attached hydrogens (tertiary/aromatic N) is 5. The molecule has 0 amide bonds. The highest BCUT2D eigenvalue weighted by molar-refractivity contribution is 6.87. The number of pyridine rings is 2. The monoisotopic (exact) mass is 752 g/mol. The second kappa shape index (κ2) is 18.4. The van der Waals surface area contributed by atoms with Crippen LogP contribution < -0.4 is 9.13 Å². The average molecular weight is 753 g/mol. The van der Waals surface area contributed by atoms with Gasteiger partial charge >= 0.3 is 6.42 Å². The van der Waals surface area contributed by atoms with Crippen molar-refractivity contribution in [2.75, 3.05) is 60.4 Å². The maximum atomic E-state index is 13.3. The van der Waals surface area contributed by atoms with Crippen LogP contribution in [0.3, 0.4) is 0 Å². The van der Waals surface area contributed by atoms with Crippen molar-refractivity contribution in [1.82, 2.24) is 4.48 Å². The molecule has 1 aromatic carbocycles. The van der Waals surface area contributed by atoms with E-state index in [0.717, 1.165) is 56.2 Å². The van der Waals surface area contributed by atoms with Crippen LogP contribution in [0.4, 0.5) is 0 Å². The predicted molar refractivity (Wildman–Crippen MR) is 219 cm³/mol. The molecule has 0 atom stereocenters. The van der Waals surface area contributed by atoms with Crippen molar-refractivity contribution >= 4 is 23.6 Å². The van der Waals surface area contributed by atoms with E-state index in [1.165, 1.54) is 0 Å². The van der Waals surface area contributed by atoms with Crippen molar-refractivity contribution in [3.8, 4) is 34.6 Å². The third-order valence-electron chi connectivity index (χ3n) is 10.1. The lowest BCUT2D eigenvalue weighted by molar-refractivity contribution is -0.694. The minimum Gasteiger partial charge on any atom is -0.435 e. The molecule has 2 aliphatic heterocycles. The van der Waals surface area contributed by atoms with Gasteiger partial charge in [-0.1, -0.05) is 12.1 Å². The van der Waals surface area contributed by atoms with Gasteiger partial charge in [-0.2, -0.15) is 11.6 Å². The van der Waals surface area contributed by atoms with Crippen molar-refractivity contribution in [3.05, 3.63) is 125 Å². The molecule has 56 heavy (non-hydrogen) atoms. The lowest BCUT2D eigenvalue weighted by atomic mass is 9.45. The van der Waals surface area contributed by atoms with E-state index in [0.29, 0.717) is 45.1 Å². The van der Waals surface area contributed by atoms with Crippen molar-refractivity contribution in [1.29, 1.82) is 0 Å². The van der Waals surface area contributed by atoms with Crippen LogP contribution in [0, 0.1) is 37.3 Å². The highest BCUT2D eigenvalue weighted by atomic mass is 16.5. The topological polar surface area (TPSA) is 84.9 Å². The molecule has 4 aromatic rings. The molecule has 0 bridgehead atoms. The molecule has 0 fully saturated rings. The van der Waals surface area contributed by atoms with Crippen molar-refractivity contribution in [3.63, 3.8) is 0 Å². The van der Waals surface area contributed by atoms with Crippen LogP contribution in [0.5, 0.6) is 0 Å². The van der Waals surface area contributed by atoms with Gasteiger partial charge in [0.05, 0.1) is 32.0 Å². The van der Waals surface area contributed by atoms with Gasteiger partial charge in [-0.15, -0.1) is 11.8 Å². The number of aryl methyl sites for hydroxylation is 3. The van der Waals surface area contributed by atoms with Crippen LogP contribution in [-0.4, -0.2) is 87.4 Å². The van der Waals surface area contributed by atoms with E-state index in [1.807, 2.05) is 65.2 Å². The SMILES string of the molecule is COCCOCC#C[B-]1(C#CCOCCOC)n2c(C)cc(C)c2C(c2ccc(C([O])=NCC[n+]3ccc(-c4cc[n+](C)cc4)cc3)cc2)=C2C(C)=CC(C)=[N+]21. The highest BCUT2D eigenvalue weighted by Gasteiger charge is 2.50. The molecular weight excluding hydrogens is 701 g/mol. The van der Waals surface area contributed by atoms with Gasteiger partial charge in [-0.3, -0.25) is 5.11 Å². The molecule has 11 heteroatoms. The molecule has 2 aliphatic rings. The van der Waals surface area contributed by atoms with Crippen molar-refractivity contribution in [2.45, 2.75) is 34.2 Å². The summed E-state index contributed by atoms with van der Waals surface area (Å²) >= 11 is 0. The number of methoxy groups -OCH3 is 2. The van der Waals surface area contributed by atoms with Crippen LogP contribution in [0.2, 0.25) is 0 Å². The smallest absolute Gasteiger partial charge is 0.435 e. The second-order valence-corrected chi connectivity index (χ2v) is 14.1. The first kappa shape index (κ1) is 40.1. The molecule has 0 saturated heterocycles. The molecule has 0 saturated carbocycles. The van der Waals surface area contributed by atoms with Gasteiger partial charge in [0.1, 0.15) is 32.5 Å². The number of ether oxygens (including phenoxy) is 4. The molecule has 0 spiro atoms. The quantitative estimate of drug-likeness (QED) is 0.0469. The fraction of sp³-hybridized carbons (Fsp3) is 0.333. The Morgan fingerprint density at radius 1 is 0.786 bits per heavy atom. The molecule has 287 valence electrons. The zero-order valence-corrected chi connectivity index (χ0v) is 33.6. The minimum absolute atomic E-state index is 0.237. The van der Waals surface area contributed by atoms with Crippen molar-refractivity contribution in [2.24, 2.45) is 12.0 Å². The molecule has 10 nitrogen and oxygen atoms in total. The van der Waals surface area contributed by atoms with E-state index < -0.39 is 6.42 Å². The van der Waals surface area contributed by atoms with E-state index >= 15 is 0 Å². The van der Waals surface area contributed by atoms with E-state index in [4.69, 9.17) is 18.9 Å². The zero-order chi connectivity index (χ0) is 39.7. The number of aromatic nitrogens is 3. The summed E-state index contributed by atoms with van der Waals surface area (Å²) in [5.41, 5.74) is 11.3. The average Bonchev–Trinajstić information content (AvgIpc) is 3.68. The molecule has 0 unspecified atom stereocenters. The number of allylic oxidation sites excluding steroid dienone is 2. The second-order valence-electron chi connectivity index (χ2n) is 14.1. The number of hydrogen-bond donors (Lipinski definition) is 0. The van der Waals surface area contributed by atoms with Crippen molar-refractivity contribution < 1.29 is 37.7 Å². The Morgan fingerprint density at radius 3 is 1.96 bits per heavy atom. The standard InChI is InChI=1S/C45H51BN5O5/c1-34-32-36(3)50-43(34)42(44-35(2)33-37(4)51(44)46(50,18-8-26-55-30-28-53-6)19-9-27-56-31-29-54-7)40-10-12-41(13-11-40)45(52)47-20-25-49-23-16-39(17-24-49)38-14-21-48(5)22-15-38/h10-17,21-24,32-33H,20,25-31H2,1-7H3/q+2. The van der Waals surface area contributed by atoms with E-state index in [9.17, 15) is 5.11 Å². The number of aliphatic imine (C=N–C) groups is 1. The number of hydrogen-bond acceptors (Lipinski definition) is 5. The molecule has 6 rings (SSSR count). The maximum absolute atomic E-state index is 13.3. The summed E-state index contributed by atoms with van der Waals surface area (Å²) < 4.78 is 30.5. The van der Waals surface area contributed by atoms with E-state index in [1.54, 1.807) is 14.2 Å². The van der Waals surface area contributed by atoms with Gasteiger partial charge in [0.25, 0.3) is 5.90 Å². The summed E-state index contributed by atoms with van der Waals surface area (Å²) in [6, 6.07) is 18.4. The Hall–Kier alpha value is -5.56. The summed E-state index contributed by atoms with van der Waals surface area (Å²) in [6.45, 7) is 11.8. The molecule has 0 N–H and O–H groups in total. The van der Waals surface area contributed by atoms with Crippen LogP contribution in [0.1, 0.15) is 41.9 Å². The lowest BCUT2D eigenvalue weighted by Crippen LogP contribution is -2.57.